The van der Waals surface area contributed by atoms with Crippen molar-refractivity contribution in [3.05, 3.63) is 35.7 Å². The van der Waals surface area contributed by atoms with E-state index in [0.29, 0.717) is 23.5 Å². The smallest absolute Gasteiger partial charge is 0.166 e. The van der Waals surface area contributed by atoms with Gasteiger partial charge in [0.05, 0.1) is 10.9 Å². The summed E-state index contributed by atoms with van der Waals surface area (Å²) < 4.78 is 28.2. The Morgan fingerprint density at radius 2 is 2.06 bits per heavy atom. The van der Waals surface area contributed by atoms with Crippen LogP contribution in [0.2, 0.25) is 0 Å². The van der Waals surface area contributed by atoms with Crippen LogP contribution in [-0.4, -0.2) is 14.8 Å². The van der Waals surface area contributed by atoms with Gasteiger partial charge in [-0.2, -0.15) is 0 Å². The van der Waals surface area contributed by atoms with Crippen LogP contribution in [0.25, 0.3) is 11.4 Å². The van der Waals surface area contributed by atoms with E-state index in [2.05, 4.69) is 26.1 Å². The van der Waals surface area contributed by atoms with E-state index in [0.717, 1.165) is 6.07 Å². The average molecular weight is 302 g/mol. The lowest BCUT2D eigenvalue weighted by atomic mass is 10.2. The zero-order chi connectivity index (χ0) is 12.4. The molecule has 17 heavy (non-hydrogen) atoms. The molecule has 0 atom stereocenters. The van der Waals surface area contributed by atoms with Crippen molar-refractivity contribution in [2.45, 2.75) is 18.8 Å². The van der Waals surface area contributed by atoms with Crippen LogP contribution < -0.4 is 0 Å². The minimum atomic E-state index is -0.631. The van der Waals surface area contributed by atoms with Crippen LogP contribution in [0.1, 0.15) is 12.7 Å². The summed E-state index contributed by atoms with van der Waals surface area (Å²) in [6, 6.07) is 3.43. The van der Waals surface area contributed by atoms with Gasteiger partial charge in [0.1, 0.15) is 17.5 Å². The highest BCUT2D eigenvalue weighted by Gasteiger charge is 2.15. The molecule has 6 heteroatoms. The first-order valence-corrected chi connectivity index (χ1v) is 6.23. The number of aromatic nitrogens is 3. The summed E-state index contributed by atoms with van der Waals surface area (Å²) in [5.74, 6) is -0.103. The van der Waals surface area contributed by atoms with E-state index in [1.54, 1.807) is 4.57 Å². The van der Waals surface area contributed by atoms with Crippen LogP contribution in [-0.2, 0) is 11.9 Å². The molecule has 0 aliphatic heterocycles. The van der Waals surface area contributed by atoms with Crippen LogP contribution in [0.15, 0.2) is 18.2 Å². The lowest BCUT2D eigenvalue weighted by Gasteiger charge is -2.06. The summed E-state index contributed by atoms with van der Waals surface area (Å²) in [6.07, 6.45) is 0. The molecule has 0 aliphatic carbocycles. The van der Waals surface area contributed by atoms with Crippen LogP contribution in [0, 0.1) is 11.6 Å². The summed E-state index contributed by atoms with van der Waals surface area (Å²) in [7, 11) is 0. The van der Waals surface area contributed by atoms with E-state index in [-0.39, 0.29) is 5.56 Å². The molecule has 2 rings (SSSR count). The van der Waals surface area contributed by atoms with Gasteiger partial charge in [-0.15, -0.1) is 10.2 Å². The topological polar surface area (TPSA) is 30.7 Å². The highest BCUT2D eigenvalue weighted by atomic mass is 79.9. The second-order valence-corrected chi connectivity index (χ2v) is 4.00. The van der Waals surface area contributed by atoms with Gasteiger partial charge < -0.3 is 4.57 Å². The molecular formula is C11H10BrF2N3. The monoisotopic (exact) mass is 301 g/mol. The van der Waals surface area contributed by atoms with Gasteiger partial charge in [-0.1, -0.05) is 15.9 Å². The van der Waals surface area contributed by atoms with Crippen LogP contribution in [0.5, 0.6) is 0 Å². The number of rotatable bonds is 3. The Bertz CT molecular complexity index is 540. The molecule has 0 bridgehead atoms. The molecule has 0 radical (unpaired) electrons. The zero-order valence-electron chi connectivity index (χ0n) is 9.12. The number of benzene rings is 1. The summed E-state index contributed by atoms with van der Waals surface area (Å²) in [6.45, 7) is 2.54. The van der Waals surface area contributed by atoms with Crippen molar-refractivity contribution in [1.82, 2.24) is 14.8 Å². The summed E-state index contributed by atoms with van der Waals surface area (Å²) in [5, 5.41) is 8.43. The fourth-order valence-corrected chi connectivity index (χ4v) is 2.05. The first-order valence-electron chi connectivity index (χ1n) is 5.10. The van der Waals surface area contributed by atoms with E-state index < -0.39 is 11.6 Å². The molecule has 0 aliphatic rings. The predicted molar refractivity (Wildman–Crippen MR) is 63.7 cm³/mol. The molecule has 1 heterocycles. The van der Waals surface area contributed by atoms with Gasteiger partial charge in [0.25, 0.3) is 0 Å². The van der Waals surface area contributed by atoms with E-state index in [4.69, 9.17) is 0 Å². The van der Waals surface area contributed by atoms with Gasteiger partial charge in [-0.3, -0.25) is 0 Å². The minimum Gasteiger partial charge on any atom is -0.310 e. The van der Waals surface area contributed by atoms with E-state index in [1.165, 1.54) is 12.1 Å². The van der Waals surface area contributed by atoms with Crippen molar-refractivity contribution in [2.24, 2.45) is 0 Å². The van der Waals surface area contributed by atoms with E-state index >= 15 is 0 Å². The number of hydrogen-bond donors (Lipinski definition) is 0. The van der Waals surface area contributed by atoms with Crippen molar-refractivity contribution in [3.63, 3.8) is 0 Å². The van der Waals surface area contributed by atoms with Gasteiger partial charge in [-0.05, 0) is 19.1 Å². The molecule has 0 unspecified atom stereocenters. The summed E-state index contributed by atoms with van der Waals surface area (Å²) in [4.78, 5) is 0. The molecule has 90 valence electrons. The Hall–Kier alpha value is -1.30. The molecule has 0 saturated carbocycles. The number of hydrogen-bond acceptors (Lipinski definition) is 2. The molecule has 1 aromatic carbocycles. The van der Waals surface area contributed by atoms with Crippen molar-refractivity contribution < 1.29 is 8.78 Å². The number of halogens is 3. The number of nitrogens with zero attached hydrogens (tertiary/aromatic N) is 3. The third kappa shape index (κ3) is 2.22. The summed E-state index contributed by atoms with van der Waals surface area (Å²) >= 11 is 3.29. The SMILES string of the molecule is CCn1c(CBr)nnc1-c1ccc(F)cc1F. The molecule has 3 nitrogen and oxygen atoms in total. The van der Waals surface area contributed by atoms with Gasteiger partial charge >= 0.3 is 0 Å². The second kappa shape index (κ2) is 4.91. The van der Waals surface area contributed by atoms with Crippen molar-refractivity contribution in [2.75, 3.05) is 0 Å². The van der Waals surface area contributed by atoms with Gasteiger partial charge in [0, 0.05) is 12.6 Å². The predicted octanol–water partition coefficient (Wildman–Crippen LogP) is 3.14. The minimum absolute atomic E-state index is 0.257. The van der Waals surface area contributed by atoms with Gasteiger partial charge in [0.15, 0.2) is 5.82 Å². The molecule has 0 spiro atoms. The Kier molecular flexibility index (Phi) is 3.51. The Morgan fingerprint density at radius 3 is 2.65 bits per heavy atom. The third-order valence-electron chi connectivity index (χ3n) is 2.44. The van der Waals surface area contributed by atoms with E-state index in [9.17, 15) is 8.78 Å². The Labute approximate surface area is 106 Å². The molecule has 0 amide bonds. The van der Waals surface area contributed by atoms with E-state index in [1.807, 2.05) is 6.92 Å². The van der Waals surface area contributed by atoms with Crippen molar-refractivity contribution in [3.8, 4) is 11.4 Å². The highest BCUT2D eigenvalue weighted by molar-refractivity contribution is 9.08. The quantitative estimate of drug-likeness (QED) is 0.816. The molecule has 0 saturated heterocycles. The lowest BCUT2D eigenvalue weighted by molar-refractivity contribution is 0.583. The van der Waals surface area contributed by atoms with Crippen molar-refractivity contribution >= 4 is 15.9 Å². The fourth-order valence-electron chi connectivity index (χ4n) is 1.64. The van der Waals surface area contributed by atoms with Gasteiger partial charge in [-0.25, -0.2) is 8.78 Å². The normalized spacial score (nSPS) is 10.8. The fraction of sp³-hybridized carbons (Fsp3) is 0.273. The van der Waals surface area contributed by atoms with Crippen molar-refractivity contribution in [1.29, 1.82) is 0 Å². The highest BCUT2D eigenvalue weighted by Crippen LogP contribution is 2.23. The molecule has 2 aromatic rings. The third-order valence-corrected chi connectivity index (χ3v) is 2.94. The first kappa shape index (κ1) is 12.2. The maximum Gasteiger partial charge on any atom is 0.166 e. The van der Waals surface area contributed by atoms with Gasteiger partial charge in [0.2, 0.25) is 0 Å². The standard InChI is InChI=1S/C11H10BrF2N3/c1-2-17-10(6-12)15-16-11(17)8-4-3-7(13)5-9(8)14/h3-5H,2,6H2,1H3. The maximum absolute atomic E-state index is 13.6. The Balaban J connectivity index is 2.56. The largest absolute Gasteiger partial charge is 0.310 e. The molecule has 1 aromatic heterocycles. The maximum atomic E-state index is 13.6. The lowest BCUT2D eigenvalue weighted by Crippen LogP contribution is -2.03. The summed E-state index contributed by atoms with van der Waals surface area (Å²) in [5.41, 5.74) is 0.257. The molecule has 0 fully saturated rings. The first-order chi connectivity index (χ1) is 8.17. The Morgan fingerprint density at radius 1 is 1.29 bits per heavy atom. The zero-order valence-corrected chi connectivity index (χ0v) is 10.7. The van der Waals surface area contributed by atoms with Crippen LogP contribution in [0.4, 0.5) is 8.78 Å². The average Bonchev–Trinajstić information content (AvgIpc) is 2.71. The second-order valence-electron chi connectivity index (χ2n) is 3.44. The number of alkyl halides is 1. The molecule has 0 N–H and O–H groups in total. The molecular weight excluding hydrogens is 292 g/mol. The van der Waals surface area contributed by atoms with Crippen LogP contribution >= 0.6 is 15.9 Å². The van der Waals surface area contributed by atoms with Crippen LogP contribution in [0.3, 0.4) is 0 Å².